The van der Waals surface area contributed by atoms with E-state index in [0.717, 1.165) is 18.5 Å². The molecule has 21 heavy (non-hydrogen) atoms. The van der Waals surface area contributed by atoms with Crippen LogP contribution in [-0.4, -0.2) is 22.2 Å². The zero-order valence-electron chi connectivity index (χ0n) is 12.7. The van der Waals surface area contributed by atoms with Gasteiger partial charge in [0.05, 0.1) is 5.69 Å². The van der Waals surface area contributed by atoms with Gasteiger partial charge in [0.15, 0.2) is 0 Å². The summed E-state index contributed by atoms with van der Waals surface area (Å²) in [6, 6.07) is 10.2. The Hall–Kier alpha value is -2.10. The van der Waals surface area contributed by atoms with Crippen LogP contribution in [0.3, 0.4) is 0 Å². The summed E-state index contributed by atoms with van der Waals surface area (Å²) in [5, 5.41) is 7.17. The van der Waals surface area contributed by atoms with Crippen molar-refractivity contribution in [3.05, 3.63) is 48.3 Å². The molecule has 0 aliphatic carbocycles. The Kier molecular flexibility index (Phi) is 5.55. The number of amides is 1. The first-order valence-corrected chi connectivity index (χ1v) is 7.51. The highest BCUT2D eigenvalue weighted by atomic mass is 16.1. The lowest BCUT2D eigenvalue weighted by Crippen LogP contribution is -2.25. The first kappa shape index (κ1) is 15.3. The molecular formula is C17H23N3O. The number of hydrogen-bond donors (Lipinski definition) is 1. The molecule has 1 heterocycles. The molecule has 0 saturated heterocycles. The fraction of sp³-hybridized carbons (Fsp3) is 0.412. The standard InChI is InChI=1S/C17H23N3O/c1-14(2)4-9-17(21)18-12-10-15-5-7-16(8-6-15)20-13-3-11-19-20/h3,5-8,11,13-14H,4,9-10,12H2,1-2H3,(H,18,21). The third kappa shape index (κ3) is 5.06. The molecule has 4 nitrogen and oxygen atoms in total. The van der Waals surface area contributed by atoms with Crippen molar-refractivity contribution in [2.24, 2.45) is 5.92 Å². The average molecular weight is 285 g/mol. The maximum Gasteiger partial charge on any atom is 0.220 e. The zero-order valence-corrected chi connectivity index (χ0v) is 12.7. The number of nitrogens with zero attached hydrogens (tertiary/aromatic N) is 2. The van der Waals surface area contributed by atoms with Crippen molar-refractivity contribution in [2.75, 3.05) is 6.54 Å². The van der Waals surface area contributed by atoms with Gasteiger partial charge in [0, 0.05) is 25.4 Å². The molecule has 0 saturated carbocycles. The van der Waals surface area contributed by atoms with Gasteiger partial charge >= 0.3 is 0 Å². The van der Waals surface area contributed by atoms with Crippen LogP contribution < -0.4 is 5.32 Å². The predicted octanol–water partition coefficient (Wildman–Crippen LogP) is 2.97. The summed E-state index contributed by atoms with van der Waals surface area (Å²) in [7, 11) is 0. The topological polar surface area (TPSA) is 46.9 Å². The Morgan fingerprint density at radius 2 is 2.05 bits per heavy atom. The maximum absolute atomic E-state index is 11.6. The van der Waals surface area contributed by atoms with Crippen molar-refractivity contribution in [3.8, 4) is 5.69 Å². The van der Waals surface area contributed by atoms with E-state index in [4.69, 9.17) is 0 Å². The van der Waals surface area contributed by atoms with Crippen LogP contribution in [0.2, 0.25) is 0 Å². The van der Waals surface area contributed by atoms with Crippen LogP contribution in [0.25, 0.3) is 5.69 Å². The van der Waals surface area contributed by atoms with E-state index in [9.17, 15) is 4.79 Å². The fourth-order valence-corrected chi connectivity index (χ4v) is 2.09. The van der Waals surface area contributed by atoms with E-state index in [-0.39, 0.29) is 5.91 Å². The molecule has 2 rings (SSSR count). The molecule has 1 aromatic heterocycles. The molecule has 0 radical (unpaired) electrons. The van der Waals surface area contributed by atoms with E-state index < -0.39 is 0 Å². The van der Waals surface area contributed by atoms with Gasteiger partial charge in [-0.3, -0.25) is 4.79 Å². The number of rotatable bonds is 7. The van der Waals surface area contributed by atoms with Gasteiger partial charge in [-0.05, 0) is 42.5 Å². The third-order valence-corrected chi connectivity index (χ3v) is 3.39. The molecule has 1 aromatic carbocycles. The summed E-state index contributed by atoms with van der Waals surface area (Å²) >= 11 is 0. The SMILES string of the molecule is CC(C)CCC(=O)NCCc1ccc(-n2cccn2)cc1. The van der Waals surface area contributed by atoms with E-state index in [1.807, 2.05) is 29.1 Å². The molecule has 0 unspecified atom stereocenters. The lowest BCUT2D eigenvalue weighted by Gasteiger charge is -2.07. The molecular weight excluding hydrogens is 262 g/mol. The summed E-state index contributed by atoms with van der Waals surface area (Å²) < 4.78 is 1.83. The molecule has 0 aliphatic heterocycles. The van der Waals surface area contributed by atoms with Gasteiger partial charge in [0.1, 0.15) is 0 Å². The van der Waals surface area contributed by atoms with Crippen LogP contribution in [0.15, 0.2) is 42.7 Å². The summed E-state index contributed by atoms with van der Waals surface area (Å²) in [6.07, 6.45) is 6.11. The second-order valence-electron chi connectivity index (χ2n) is 5.65. The molecule has 1 amide bonds. The van der Waals surface area contributed by atoms with Gasteiger partial charge in [0.2, 0.25) is 5.91 Å². The minimum absolute atomic E-state index is 0.150. The number of hydrogen-bond acceptors (Lipinski definition) is 2. The quantitative estimate of drug-likeness (QED) is 0.850. The molecule has 0 fully saturated rings. The molecule has 0 aliphatic rings. The van der Waals surface area contributed by atoms with Gasteiger partial charge in [-0.25, -0.2) is 4.68 Å². The van der Waals surface area contributed by atoms with Crippen LogP contribution in [0, 0.1) is 5.92 Å². The van der Waals surface area contributed by atoms with Crippen molar-refractivity contribution >= 4 is 5.91 Å². The van der Waals surface area contributed by atoms with Gasteiger partial charge in [-0.15, -0.1) is 0 Å². The number of nitrogens with one attached hydrogen (secondary N) is 1. The summed E-state index contributed by atoms with van der Waals surface area (Å²) in [5.41, 5.74) is 2.26. The highest BCUT2D eigenvalue weighted by Gasteiger charge is 2.03. The Morgan fingerprint density at radius 3 is 2.67 bits per heavy atom. The Morgan fingerprint density at radius 1 is 1.29 bits per heavy atom. The Bertz CT molecular complexity index is 544. The van der Waals surface area contributed by atoms with E-state index in [2.05, 4.69) is 36.4 Å². The molecule has 0 spiro atoms. The van der Waals surface area contributed by atoms with E-state index in [1.54, 1.807) is 6.20 Å². The second kappa shape index (κ2) is 7.62. The molecule has 1 N–H and O–H groups in total. The molecule has 0 bridgehead atoms. The van der Waals surface area contributed by atoms with E-state index >= 15 is 0 Å². The Labute approximate surface area is 126 Å². The summed E-state index contributed by atoms with van der Waals surface area (Å²) in [6.45, 7) is 4.96. The average Bonchev–Trinajstić information content (AvgIpc) is 3.00. The highest BCUT2D eigenvalue weighted by Crippen LogP contribution is 2.09. The van der Waals surface area contributed by atoms with E-state index in [1.165, 1.54) is 5.56 Å². The number of aromatic nitrogens is 2. The highest BCUT2D eigenvalue weighted by molar-refractivity contribution is 5.75. The van der Waals surface area contributed by atoms with Crippen LogP contribution in [0.4, 0.5) is 0 Å². The number of carbonyl (C=O) groups excluding carboxylic acids is 1. The number of benzene rings is 1. The normalized spacial score (nSPS) is 10.8. The van der Waals surface area contributed by atoms with Crippen LogP contribution >= 0.6 is 0 Å². The maximum atomic E-state index is 11.6. The minimum Gasteiger partial charge on any atom is -0.356 e. The van der Waals surface area contributed by atoms with Gasteiger partial charge < -0.3 is 5.32 Å². The van der Waals surface area contributed by atoms with Crippen LogP contribution in [0.5, 0.6) is 0 Å². The second-order valence-corrected chi connectivity index (χ2v) is 5.65. The summed E-state index contributed by atoms with van der Waals surface area (Å²) in [4.78, 5) is 11.6. The Balaban J connectivity index is 1.75. The van der Waals surface area contributed by atoms with Crippen molar-refractivity contribution in [1.29, 1.82) is 0 Å². The van der Waals surface area contributed by atoms with Crippen molar-refractivity contribution in [3.63, 3.8) is 0 Å². The van der Waals surface area contributed by atoms with Crippen molar-refractivity contribution in [1.82, 2.24) is 15.1 Å². The van der Waals surface area contributed by atoms with E-state index in [0.29, 0.717) is 18.9 Å². The molecule has 112 valence electrons. The molecule has 0 atom stereocenters. The third-order valence-electron chi connectivity index (χ3n) is 3.39. The smallest absolute Gasteiger partial charge is 0.220 e. The van der Waals surface area contributed by atoms with Crippen molar-refractivity contribution in [2.45, 2.75) is 33.1 Å². The number of carbonyl (C=O) groups is 1. The monoisotopic (exact) mass is 285 g/mol. The van der Waals surface area contributed by atoms with Crippen molar-refractivity contribution < 1.29 is 4.79 Å². The molecule has 4 heteroatoms. The summed E-state index contributed by atoms with van der Waals surface area (Å²) in [5.74, 6) is 0.724. The predicted molar refractivity (Wildman–Crippen MR) is 84.3 cm³/mol. The lowest BCUT2D eigenvalue weighted by molar-refractivity contribution is -0.121. The van der Waals surface area contributed by atoms with Gasteiger partial charge in [-0.1, -0.05) is 26.0 Å². The first-order valence-electron chi connectivity index (χ1n) is 7.51. The largest absolute Gasteiger partial charge is 0.356 e. The lowest BCUT2D eigenvalue weighted by atomic mass is 10.1. The minimum atomic E-state index is 0.150. The zero-order chi connectivity index (χ0) is 15.1. The van der Waals surface area contributed by atoms with Gasteiger partial charge in [0.25, 0.3) is 0 Å². The van der Waals surface area contributed by atoms with Crippen LogP contribution in [0.1, 0.15) is 32.3 Å². The first-order chi connectivity index (χ1) is 10.1. The van der Waals surface area contributed by atoms with Crippen LogP contribution in [-0.2, 0) is 11.2 Å². The van der Waals surface area contributed by atoms with Gasteiger partial charge in [-0.2, -0.15) is 5.10 Å². The molecule has 2 aromatic rings. The fourth-order valence-electron chi connectivity index (χ4n) is 2.09.